The van der Waals surface area contributed by atoms with Crippen molar-refractivity contribution in [2.24, 2.45) is 5.73 Å². The summed E-state index contributed by atoms with van der Waals surface area (Å²) >= 11 is 0. The van der Waals surface area contributed by atoms with Crippen LogP contribution in [0.3, 0.4) is 0 Å². The summed E-state index contributed by atoms with van der Waals surface area (Å²) in [6.45, 7) is 3.84. The topological polar surface area (TPSA) is 101 Å². The number of nitriles is 1. The monoisotopic (exact) mass is 333 g/mol. The largest absolute Gasteiger partial charge is 0.448 e. The highest BCUT2D eigenvalue weighted by atomic mass is 16.5. The Morgan fingerprint density at radius 1 is 1.40 bits per heavy atom. The number of hydrogen-bond acceptors (Lipinski definition) is 5. The smallest absolute Gasteiger partial charge is 0.204 e. The average molecular weight is 333 g/mol. The molecule has 6 nitrogen and oxygen atoms in total. The van der Waals surface area contributed by atoms with Crippen LogP contribution < -0.4 is 5.73 Å². The number of allylic oxidation sites excluding steroid dienone is 2. The van der Waals surface area contributed by atoms with E-state index in [1.54, 1.807) is 6.20 Å². The number of ether oxygens (including phenoxy) is 1. The zero-order valence-corrected chi connectivity index (χ0v) is 14.2. The number of aryl methyl sites for hydroxylation is 1. The van der Waals surface area contributed by atoms with Crippen LogP contribution in [0.2, 0.25) is 0 Å². The lowest BCUT2D eigenvalue weighted by atomic mass is 9.82. The molecule has 0 fully saturated rings. The molecule has 126 valence electrons. The molecule has 2 heterocycles. The Bertz CT molecular complexity index is 912. The molecule has 0 radical (unpaired) electrons. The zero-order chi connectivity index (χ0) is 18.0. The van der Waals surface area contributed by atoms with Crippen molar-refractivity contribution in [2.75, 3.05) is 0 Å². The van der Waals surface area contributed by atoms with E-state index in [-0.39, 0.29) is 11.8 Å². The SMILES string of the molecule is CCC(=N)C1=COC(N)=C(C#N)C1c1ccc(-n2ccnc2C)cc1. The number of benzene rings is 1. The Morgan fingerprint density at radius 3 is 2.68 bits per heavy atom. The Morgan fingerprint density at radius 2 is 2.12 bits per heavy atom. The third-order valence-electron chi connectivity index (χ3n) is 4.33. The van der Waals surface area contributed by atoms with E-state index in [0.29, 0.717) is 23.3 Å². The van der Waals surface area contributed by atoms with E-state index in [2.05, 4.69) is 11.1 Å². The Balaban J connectivity index is 2.03. The highest BCUT2D eigenvalue weighted by Gasteiger charge is 2.30. The standard InChI is InChI=1S/C19H19N5O/c1-3-17(21)16-11-25-19(22)15(10-20)18(16)13-4-6-14(7-5-13)24-9-8-23-12(24)2/h4-9,11,18,21H,3,22H2,1-2H3. The van der Waals surface area contributed by atoms with Crippen LogP contribution >= 0.6 is 0 Å². The first kappa shape index (κ1) is 16.5. The molecule has 1 aromatic carbocycles. The second-order valence-electron chi connectivity index (χ2n) is 5.78. The minimum Gasteiger partial charge on any atom is -0.448 e. The molecule has 0 spiro atoms. The van der Waals surface area contributed by atoms with Crippen molar-refractivity contribution in [3.63, 3.8) is 0 Å². The maximum absolute atomic E-state index is 9.53. The Hall–Kier alpha value is -3.33. The molecule has 25 heavy (non-hydrogen) atoms. The number of nitrogens with two attached hydrogens (primary N) is 1. The lowest BCUT2D eigenvalue weighted by Gasteiger charge is -2.25. The number of nitrogens with zero attached hydrogens (tertiary/aromatic N) is 3. The van der Waals surface area contributed by atoms with Crippen LogP contribution in [0.15, 0.2) is 60.0 Å². The van der Waals surface area contributed by atoms with Gasteiger partial charge in [-0.15, -0.1) is 0 Å². The Labute approximate surface area is 146 Å². The molecule has 2 aromatic rings. The molecule has 1 unspecified atom stereocenters. The maximum atomic E-state index is 9.53. The van der Waals surface area contributed by atoms with E-state index in [1.165, 1.54) is 6.26 Å². The van der Waals surface area contributed by atoms with Gasteiger partial charge in [0.25, 0.3) is 0 Å². The van der Waals surface area contributed by atoms with Gasteiger partial charge in [-0.3, -0.25) is 0 Å². The molecular formula is C19H19N5O. The number of imidazole rings is 1. The van der Waals surface area contributed by atoms with E-state index in [4.69, 9.17) is 15.9 Å². The molecule has 0 saturated heterocycles. The Kier molecular flexibility index (Phi) is 4.40. The van der Waals surface area contributed by atoms with Gasteiger partial charge in [-0.1, -0.05) is 19.1 Å². The molecule has 0 bridgehead atoms. The highest BCUT2D eigenvalue weighted by Crippen LogP contribution is 2.37. The van der Waals surface area contributed by atoms with Crippen LogP contribution in [0.5, 0.6) is 0 Å². The summed E-state index contributed by atoms with van der Waals surface area (Å²) in [5.41, 5.74) is 9.17. The normalized spacial score (nSPS) is 16.8. The third kappa shape index (κ3) is 2.92. The van der Waals surface area contributed by atoms with Gasteiger partial charge in [0, 0.05) is 29.4 Å². The molecule has 0 aliphatic carbocycles. The molecule has 3 N–H and O–H groups in total. The lowest BCUT2D eigenvalue weighted by molar-refractivity contribution is 0.326. The summed E-state index contributed by atoms with van der Waals surface area (Å²) in [5.74, 6) is 0.604. The number of rotatable bonds is 4. The van der Waals surface area contributed by atoms with Gasteiger partial charge in [0.05, 0.1) is 12.2 Å². The summed E-state index contributed by atoms with van der Waals surface area (Å²) in [7, 11) is 0. The van der Waals surface area contributed by atoms with Gasteiger partial charge < -0.3 is 20.4 Å². The van der Waals surface area contributed by atoms with Crippen LogP contribution in [0, 0.1) is 23.7 Å². The molecule has 3 rings (SSSR count). The van der Waals surface area contributed by atoms with Crippen molar-refractivity contribution in [3.8, 4) is 11.8 Å². The molecular weight excluding hydrogens is 314 g/mol. The van der Waals surface area contributed by atoms with Crippen molar-refractivity contribution in [1.29, 1.82) is 10.7 Å². The number of aromatic nitrogens is 2. The zero-order valence-electron chi connectivity index (χ0n) is 14.2. The van der Waals surface area contributed by atoms with E-state index in [9.17, 15) is 5.26 Å². The lowest BCUT2D eigenvalue weighted by Crippen LogP contribution is -2.21. The van der Waals surface area contributed by atoms with Crippen LogP contribution in [0.1, 0.15) is 30.7 Å². The second kappa shape index (κ2) is 6.65. The van der Waals surface area contributed by atoms with Crippen molar-refractivity contribution >= 4 is 5.71 Å². The van der Waals surface area contributed by atoms with Crippen molar-refractivity contribution in [2.45, 2.75) is 26.2 Å². The van der Waals surface area contributed by atoms with Gasteiger partial charge in [-0.25, -0.2) is 4.98 Å². The van der Waals surface area contributed by atoms with Gasteiger partial charge in [0.15, 0.2) is 0 Å². The van der Waals surface area contributed by atoms with Crippen LogP contribution in [0.4, 0.5) is 0 Å². The molecule has 1 aromatic heterocycles. The molecule has 1 aliphatic rings. The first-order chi connectivity index (χ1) is 12.1. The fourth-order valence-corrected chi connectivity index (χ4v) is 2.95. The predicted octanol–water partition coefficient (Wildman–Crippen LogP) is 3.30. The average Bonchev–Trinajstić information content (AvgIpc) is 3.07. The van der Waals surface area contributed by atoms with Gasteiger partial charge in [0.2, 0.25) is 5.88 Å². The summed E-state index contributed by atoms with van der Waals surface area (Å²) in [6.07, 6.45) is 5.69. The van der Waals surface area contributed by atoms with Crippen LogP contribution in [-0.4, -0.2) is 15.3 Å². The third-order valence-corrected chi connectivity index (χ3v) is 4.33. The second-order valence-corrected chi connectivity index (χ2v) is 5.78. The predicted molar refractivity (Wildman–Crippen MR) is 95.1 cm³/mol. The highest BCUT2D eigenvalue weighted by molar-refractivity contribution is 5.99. The minimum atomic E-state index is -0.385. The first-order valence-corrected chi connectivity index (χ1v) is 8.01. The van der Waals surface area contributed by atoms with Crippen molar-refractivity contribution in [3.05, 3.63) is 71.3 Å². The van der Waals surface area contributed by atoms with E-state index < -0.39 is 0 Å². The summed E-state index contributed by atoms with van der Waals surface area (Å²) in [6, 6.07) is 9.98. The molecule has 0 amide bonds. The fourth-order valence-electron chi connectivity index (χ4n) is 2.95. The van der Waals surface area contributed by atoms with Crippen LogP contribution in [0.25, 0.3) is 5.69 Å². The van der Waals surface area contributed by atoms with E-state index in [0.717, 1.165) is 17.1 Å². The van der Waals surface area contributed by atoms with Gasteiger partial charge in [-0.2, -0.15) is 5.26 Å². The molecule has 0 saturated carbocycles. The first-order valence-electron chi connectivity index (χ1n) is 8.01. The molecule has 1 aliphatic heterocycles. The fraction of sp³-hybridized carbons (Fsp3) is 0.211. The number of nitrogens with one attached hydrogen (secondary N) is 1. The number of hydrogen-bond donors (Lipinski definition) is 2. The van der Waals surface area contributed by atoms with Crippen molar-refractivity contribution in [1.82, 2.24) is 9.55 Å². The van der Waals surface area contributed by atoms with Gasteiger partial charge >= 0.3 is 0 Å². The van der Waals surface area contributed by atoms with E-state index in [1.807, 2.05) is 48.9 Å². The summed E-state index contributed by atoms with van der Waals surface area (Å²) < 4.78 is 7.27. The summed E-state index contributed by atoms with van der Waals surface area (Å²) in [4.78, 5) is 4.23. The van der Waals surface area contributed by atoms with Crippen LogP contribution in [-0.2, 0) is 4.74 Å². The minimum absolute atomic E-state index is 0.0923. The molecule has 1 atom stereocenters. The van der Waals surface area contributed by atoms with E-state index >= 15 is 0 Å². The van der Waals surface area contributed by atoms with Gasteiger partial charge in [0.1, 0.15) is 17.5 Å². The van der Waals surface area contributed by atoms with Gasteiger partial charge in [-0.05, 0) is 31.0 Å². The maximum Gasteiger partial charge on any atom is 0.204 e. The summed E-state index contributed by atoms with van der Waals surface area (Å²) in [5, 5.41) is 17.7. The quantitative estimate of drug-likeness (QED) is 0.838. The van der Waals surface area contributed by atoms with Crippen molar-refractivity contribution < 1.29 is 4.74 Å². The molecule has 6 heteroatoms.